The highest BCUT2D eigenvalue weighted by molar-refractivity contribution is 7.16. The maximum absolute atomic E-state index is 12.8. The standard InChI is InChI=1S/C21H17N3O6S/c1-2-29-10-9-23-16-8-7-13(24(27)28)11-18(16)31-21(23)22-20(26)15-12-30-17-6-4-3-5-14(17)19(15)25/h3-8,11-12H,2,9-10H2,1H3. The smallest absolute Gasteiger partial charge is 0.286 e. The van der Waals surface area contributed by atoms with Crippen LogP contribution in [0.3, 0.4) is 0 Å². The number of hydrogen-bond acceptors (Lipinski definition) is 7. The van der Waals surface area contributed by atoms with Crippen molar-refractivity contribution in [3.63, 3.8) is 0 Å². The van der Waals surface area contributed by atoms with Crippen LogP contribution in [0.5, 0.6) is 0 Å². The molecule has 2 heterocycles. The molecule has 9 nitrogen and oxygen atoms in total. The van der Waals surface area contributed by atoms with Crippen LogP contribution < -0.4 is 10.2 Å². The predicted octanol–water partition coefficient (Wildman–Crippen LogP) is 3.50. The van der Waals surface area contributed by atoms with Gasteiger partial charge in [-0.1, -0.05) is 23.5 Å². The van der Waals surface area contributed by atoms with Crippen molar-refractivity contribution in [2.24, 2.45) is 4.99 Å². The highest BCUT2D eigenvalue weighted by atomic mass is 32.1. The summed E-state index contributed by atoms with van der Waals surface area (Å²) in [6.07, 6.45) is 1.11. The molecule has 0 spiro atoms. The molecule has 0 radical (unpaired) electrons. The average molecular weight is 439 g/mol. The molecule has 0 saturated heterocycles. The molecular weight excluding hydrogens is 422 g/mol. The van der Waals surface area contributed by atoms with Gasteiger partial charge in [0.15, 0.2) is 4.80 Å². The van der Waals surface area contributed by atoms with E-state index in [1.807, 2.05) is 6.92 Å². The maximum atomic E-state index is 12.8. The Morgan fingerprint density at radius 3 is 2.87 bits per heavy atom. The fourth-order valence-corrected chi connectivity index (χ4v) is 4.24. The van der Waals surface area contributed by atoms with Crippen LogP contribution >= 0.6 is 11.3 Å². The van der Waals surface area contributed by atoms with Crippen molar-refractivity contribution in [1.82, 2.24) is 4.57 Å². The maximum Gasteiger partial charge on any atom is 0.286 e. The number of rotatable bonds is 6. The van der Waals surface area contributed by atoms with E-state index in [0.29, 0.717) is 45.7 Å². The SMILES string of the molecule is CCOCCn1c(=NC(=O)c2coc3ccccc3c2=O)sc2cc([N+](=O)[O-])ccc21. The van der Waals surface area contributed by atoms with Gasteiger partial charge in [0.1, 0.15) is 17.4 Å². The number of fused-ring (bicyclic) bond motifs is 2. The molecule has 4 aromatic rings. The van der Waals surface area contributed by atoms with Crippen LogP contribution in [0.25, 0.3) is 21.2 Å². The first-order chi connectivity index (χ1) is 15.0. The van der Waals surface area contributed by atoms with E-state index in [2.05, 4.69) is 4.99 Å². The van der Waals surface area contributed by atoms with Gasteiger partial charge in [-0.2, -0.15) is 4.99 Å². The molecule has 0 aliphatic carbocycles. The van der Waals surface area contributed by atoms with E-state index in [0.717, 1.165) is 17.6 Å². The minimum absolute atomic E-state index is 0.0567. The highest BCUT2D eigenvalue weighted by Crippen LogP contribution is 2.23. The zero-order valence-electron chi connectivity index (χ0n) is 16.4. The van der Waals surface area contributed by atoms with Gasteiger partial charge in [0.25, 0.3) is 11.6 Å². The lowest BCUT2D eigenvalue weighted by atomic mass is 10.2. The monoisotopic (exact) mass is 439 g/mol. The number of benzene rings is 2. The van der Waals surface area contributed by atoms with Crippen LogP contribution in [0, 0.1) is 10.1 Å². The van der Waals surface area contributed by atoms with E-state index in [4.69, 9.17) is 9.15 Å². The molecular formula is C21H17N3O6S. The molecule has 10 heteroatoms. The Morgan fingerprint density at radius 1 is 1.29 bits per heavy atom. The molecule has 2 aromatic carbocycles. The number of carbonyl (C=O) groups is 1. The van der Waals surface area contributed by atoms with Gasteiger partial charge in [0.2, 0.25) is 5.43 Å². The van der Waals surface area contributed by atoms with Gasteiger partial charge < -0.3 is 13.7 Å². The lowest BCUT2D eigenvalue weighted by Gasteiger charge is -2.05. The Labute approximate surface area is 179 Å². The lowest BCUT2D eigenvalue weighted by Crippen LogP contribution is -2.21. The van der Waals surface area contributed by atoms with Gasteiger partial charge in [0, 0.05) is 25.3 Å². The molecule has 0 atom stereocenters. The van der Waals surface area contributed by atoms with Crippen molar-refractivity contribution in [3.05, 3.63) is 79.4 Å². The Balaban J connectivity index is 1.84. The first kappa shape index (κ1) is 20.6. The molecule has 0 aliphatic heterocycles. The normalized spacial score (nSPS) is 12.0. The summed E-state index contributed by atoms with van der Waals surface area (Å²) in [6.45, 7) is 3.16. The second kappa shape index (κ2) is 8.62. The molecule has 2 aromatic heterocycles. The third-order valence-corrected chi connectivity index (χ3v) is 5.69. The molecule has 4 rings (SSSR count). The van der Waals surface area contributed by atoms with E-state index in [1.165, 1.54) is 12.1 Å². The number of amides is 1. The first-order valence-corrected chi connectivity index (χ1v) is 10.3. The number of aromatic nitrogens is 1. The summed E-state index contributed by atoms with van der Waals surface area (Å²) in [5.41, 5.74) is 0.364. The molecule has 0 N–H and O–H groups in total. The number of nitro benzene ring substituents is 1. The molecule has 0 unspecified atom stereocenters. The highest BCUT2D eigenvalue weighted by Gasteiger charge is 2.16. The zero-order chi connectivity index (χ0) is 22.0. The van der Waals surface area contributed by atoms with Crippen molar-refractivity contribution in [2.75, 3.05) is 13.2 Å². The number of nitrogens with zero attached hydrogens (tertiary/aromatic N) is 3. The fraction of sp³-hybridized carbons (Fsp3) is 0.190. The third-order valence-electron chi connectivity index (χ3n) is 4.65. The number of non-ortho nitro benzene ring substituents is 1. The van der Waals surface area contributed by atoms with E-state index in [-0.39, 0.29) is 11.3 Å². The number of thiazole rings is 1. The van der Waals surface area contributed by atoms with Crippen LogP contribution in [-0.2, 0) is 11.3 Å². The molecule has 158 valence electrons. The summed E-state index contributed by atoms with van der Waals surface area (Å²) in [4.78, 5) is 40.6. The van der Waals surface area contributed by atoms with Crippen molar-refractivity contribution in [2.45, 2.75) is 13.5 Å². The molecule has 0 saturated carbocycles. The second-order valence-electron chi connectivity index (χ2n) is 6.53. The minimum atomic E-state index is -0.745. The summed E-state index contributed by atoms with van der Waals surface area (Å²) in [7, 11) is 0. The average Bonchev–Trinajstić information content (AvgIpc) is 3.10. The molecule has 0 fully saturated rings. The predicted molar refractivity (Wildman–Crippen MR) is 115 cm³/mol. The van der Waals surface area contributed by atoms with Gasteiger partial charge in [-0.15, -0.1) is 0 Å². The summed E-state index contributed by atoms with van der Waals surface area (Å²) in [5.74, 6) is -0.745. The zero-order valence-corrected chi connectivity index (χ0v) is 17.3. The topological polar surface area (TPSA) is 117 Å². The van der Waals surface area contributed by atoms with Crippen molar-refractivity contribution < 1.29 is 18.9 Å². The fourth-order valence-electron chi connectivity index (χ4n) is 3.15. The Kier molecular flexibility index (Phi) is 5.74. The van der Waals surface area contributed by atoms with Gasteiger partial charge in [-0.05, 0) is 25.1 Å². The number of ether oxygens (including phenoxy) is 1. The molecule has 31 heavy (non-hydrogen) atoms. The molecule has 0 bridgehead atoms. The van der Waals surface area contributed by atoms with Crippen LogP contribution in [0.1, 0.15) is 17.3 Å². The third kappa shape index (κ3) is 4.03. The Morgan fingerprint density at radius 2 is 2.10 bits per heavy atom. The Bertz CT molecular complexity index is 1430. The quantitative estimate of drug-likeness (QED) is 0.258. The number of nitro groups is 1. The van der Waals surface area contributed by atoms with E-state index in [9.17, 15) is 19.7 Å². The summed E-state index contributed by atoms with van der Waals surface area (Å²) < 4.78 is 13.2. The van der Waals surface area contributed by atoms with Gasteiger partial charge in [-0.25, -0.2) is 0 Å². The van der Waals surface area contributed by atoms with Crippen LogP contribution in [-0.4, -0.2) is 28.6 Å². The van der Waals surface area contributed by atoms with Gasteiger partial charge in [-0.3, -0.25) is 19.7 Å². The minimum Gasteiger partial charge on any atom is -0.463 e. The van der Waals surface area contributed by atoms with Gasteiger partial charge in [0.05, 0.1) is 27.1 Å². The van der Waals surface area contributed by atoms with Crippen LogP contribution in [0.4, 0.5) is 5.69 Å². The summed E-state index contributed by atoms with van der Waals surface area (Å²) in [6, 6.07) is 11.1. The molecule has 1 amide bonds. The largest absolute Gasteiger partial charge is 0.463 e. The number of hydrogen-bond donors (Lipinski definition) is 0. The van der Waals surface area contributed by atoms with Crippen LogP contribution in [0.2, 0.25) is 0 Å². The van der Waals surface area contributed by atoms with Crippen molar-refractivity contribution in [1.29, 1.82) is 0 Å². The summed E-state index contributed by atoms with van der Waals surface area (Å²) >= 11 is 1.13. The number of para-hydroxylation sites is 1. The lowest BCUT2D eigenvalue weighted by molar-refractivity contribution is -0.384. The molecule has 0 aliphatic rings. The second-order valence-corrected chi connectivity index (χ2v) is 7.54. The van der Waals surface area contributed by atoms with Gasteiger partial charge >= 0.3 is 0 Å². The van der Waals surface area contributed by atoms with Crippen LogP contribution in [0.15, 0.2) is 62.9 Å². The van der Waals surface area contributed by atoms with E-state index in [1.54, 1.807) is 34.9 Å². The Hall–Kier alpha value is -3.63. The van der Waals surface area contributed by atoms with E-state index >= 15 is 0 Å². The first-order valence-electron chi connectivity index (χ1n) is 9.44. The number of carbonyl (C=O) groups excluding carboxylic acids is 1. The summed E-state index contributed by atoms with van der Waals surface area (Å²) in [5, 5.41) is 11.4. The van der Waals surface area contributed by atoms with E-state index < -0.39 is 16.3 Å². The van der Waals surface area contributed by atoms with Crippen molar-refractivity contribution in [3.8, 4) is 0 Å². The van der Waals surface area contributed by atoms with Crippen molar-refractivity contribution >= 4 is 44.1 Å².